The van der Waals surface area contributed by atoms with E-state index >= 15 is 0 Å². The fourth-order valence-corrected chi connectivity index (χ4v) is 2.27. The molecule has 1 aliphatic rings. The molecule has 1 aromatic rings. The van der Waals surface area contributed by atoms with E-state index in [9.17, 15) is 9.59 Å². The van der Waals surface area contributed by atoms with Crippen molar-refractivity contribution in [1.82, 2.24) is 0 Å². The molecule has 1 aromatic carbocycles. The van der Waals surface area contributed by atoms with Gasteiger partial charge >= 0.3 is 5.97 Å². The first-order chi connectivity index (χ1) is 10.6. The molecule has 0 aliphatic carbocycles. The number of carbonyl (C=O) groups is 2. The summed E-state index contributed by atoms with van der Waals surface area (Å²) in [6, 6.07) is 7.21. The van der Waals surface area contributed by atoms with Crippen LogP contribution in [0, 0.1) is 0 Å². The Kier molecular flexibility index (Phi) is 6.21. The quantitative estimate of drug-likeness (QED) is 0.770. The largest absolute Gasteiger partial charge is 0.489 e. The molecule has 120 valence electrons. The van der Waals surface area contributed by atoms with Gasteiger partial charge in [0.05, 0.1) is 11.8 Å². The van der Waals surface area contributed by atoms with Crippen LogP contribution in [0.2, 0.25) is 0 Å². The number of nitrogens with one attached hydrogen (secondary N) is 1. The van der Waals surface area contributed by atoms with E-state index in [1.54, 1.807) is 12.1 Å². The predicted octanol–water partition coefficient (Wildman–Crippen LogP) is 2.44. The number of aliphatic carboxylic acids is 1. The SMILES string of the molecule is O=C(O)CCCC(=O)Nc1ccccc1OCC1CCCO1. The molecule has 22 heavy (non-hydrogen) atoms. The number of anilines is 1. The Morgan fingerprint density at radius 1 is 1.32 bits per heavy atom. The highest BCUT2D eigenvalue weighted by atomic mass is 16.5. The molecule has 1 unspecified atom stereocenters. The first kappa shape index (κ1) is 16.3. The van der Waals surface area contributed by atoms with E-state index in [1.165, 1.54) is 0 Å². The first-order valence-electron chi connectivity index (χ1n) is 7.50. The highest BCUT2D eigenvalue weighted by Gasteiger charge is 2.17. The molecule has 2 N–H and O–H groups in total. The Hall–Kier alpha value is -2.08. The zero-order valence-electron chi connectivity index (χ0n) is 12.4. The van der Waals surface area contributed by atoms with Crippen LogP contribution >= 0.6 is 0 Å². The number of benzene rings is 1. The van der Waals surface area contributed by atoms with Crippen LogP contribution < -0.4 is 10.1 Å². The van der Waals surface area contributed by atoms with Gasteiger partial charge in [0, 0.05) is 19.4 Å². The van der Waals surface area contributed by atoms with Crippen LogP contribution in [0.3, 0.4) is 0 Å². The number of carbonyl (C=O) groups excluding carboxylic acids is 1. The third-order valence-corrected chi connectivity index (χ3v) is 3.40. The van der Waals surface area contributed by atoms with Crippen LogP contribution in [0.25, 0.3) is 0 Å². The number of hydrogen-bond acceptors (Lipinski definition) is 4. The number of amides is 1. The van der Waals surface area contributed by atoms with Crippen molar-refractivity contribution in [3.8, 4) is 5.75 Å². The van der Waals surface area contributed by atoms with Crippen LogP contribution in [0.5, 0.6) is 5.75 Å². The van der Waals surface area contributed by atoms with E-state index in [-0.39, 0.29) is 24.9 Å². The topological polar surface area (TPSA) is 84.9 Å². The molecule has 1 saturated heterocycles. The molecule has 6 heteroatoms. The molecule has 0 saturated carbocycles. The lowest BCUT2D eigenvalue weighted by molar-refractivity contribution is -0.137. The van der Waals surface area contributed by atoms with E-state index in [0.29, 0.717) is 24.5 Å². The monoisotopic (exact) mass is 307 g/mol. The maximum atomic E-state index is 11.8. The molecular weight excluding hydrogens is 286 g/mol. The lowest BCUT2D eigenvalue weighted by Gasteiger charge is -2.15. The molecule has 2 rings (SSSR count). The maximum Gasteiger partial charge on any atom is 0.303 e. The Labute approximate surface area is 129 Å². The van der Waals surface area contributed by atoms with Crippen LogP contribution in [-0.2, 0) is 14.3 Å². The van der Waals surface area contributed by atoms with Gasteiger partial charge in [-0.3, -0.25) is 9.59 Å². The van der Waals surface area contributed by atoms with Crippen LogP contribution in [0.1, 0.15) is 32.1 Å². The van der Waals surface area contributed by atoms with E-state index in [2.05, 4.69) is 5.32 Å². The van der Waals surface area contributed by atoms with Crippen molar-refractivity contribution < 1.29 is 24.2 Å². The lowest BCUT2D eigenvalue weighted by Crippen LogP contribution is -2.18. The first-order valence-corrected chi connectivity index (χ1v) is 7.50. The normalized spacial score (nSPS) is 17.2. The number of carboxylic acids is 1. The van der Waals surface area contributed by atoms with E-state index in [1.807, 2.05) is 12.1 Å². The van der Waals surface area contributed by atoms with Gasteiger partial charge < -0.3 is 19.9 Å². The summed E-state index contributed by atoms with van der Waals surface area (Å²) in [4.78, 5) is 22.3. The average Bonchev–Trinajstić information content (AvgIpc) is 2.99. The molecule has 1 aliphatic heterocycles. The van der Waals surface area contributed by atoms with Gasteiger partial charge in [0.1, 0.15) is 12.4 Å². The molecule has 6 nitrogen and oxygen atoms in total. The summed E-state index contributed by atoms with van der Waals surface area (Å²) in [5.74, 6) is -0.507. The molecule has 0 aromatic heterocycles. The predicted molar refractivity (Wildman–Crippen MR) is 81.0 cm³/mol. The second kappa shape index (κ2) is 8.38. The van der Waals surface area contributed by atoms with Crippen LogP contribution in [-0.4, -0.2) is 36.3 Å². The number of para-hydroxylation sites is 2. The van der Waals surface area contributed by atoms with Gasteiger partial charge in [-0.2, -0.15) is 0 Å². The van der Waals surface area contributed by atoms with Gasteiger partial charge in [-0.1, -0.05) is 12.1 Å². The van der Waals surface area contributed by atoms with Crippen LogP contribution in [0.4, 0.5) is 5.69 Å². The highest BCUT2D eigenvalue weighted by molar-refractivity contribution is 5.92. The van der Waals surface area contributed by atoms with Crippen molar-refractivity contribution in [2.45, 2.75) is 38.2 Å². The molecule has 1 fully saturated rings. The molecule has 0 radical (unpaired) electrons. The van der Waals surface area contributed by atoms with Gasteiger partial charge in [0.25, 0.3) is 0 Å². The minimum atomic E-state index is -0.895. The zero-order valence-corrected chi connectivity index (χ0v) is 12.4. The minimum absolute atomic E-state index is 0.00934. The third kappa shape index (κ3) is 5.37. The molecular formula is C16H21NO5. The summed E-state index contributed by atoms with van der Waals surface area (Å²) in [7, 11) is 0. The Balaban J connectivity index is 1.84. The molecule has 1 amide bonds. The lowest BCUT2D eigenvalue weighted by atomic mass is 10.2. The second-order valence-corrected chi connectivity index (χ2v) is 5.24. The van der Waals surface area contributed by atoms with E-state index in [0.717, 1.165) is 19.4 Å². The van der Waals surface area contributed by atoms with Crippen molar-refractivity contribution in [3.63, 3.8) is 0 Å². The summed E-state index contributed by atoms with van der Waals surface area (Å²) in [5, 5.41) is 11.3. The van der Waals surface area contributed by atoms with Crippen molar-refractivity contribution in [3.05, 3.63) is 24.3 Å². The van der Waals surface area contributed by atoms with Crippen molar-refractivity contribution >= 4 is 17.6 Å². The van der Waals surface area contributed by atoms with Crippen molar-refractivity contribution in [2.75, 3.05) is 18.5 Å². The summed E-state index contributed by atoms with van der Waals surface area (Å²) < 4.78 is 11.2. The molecule has 1 atom stereocenters. The Bertz CT molecular complexity index is 511. The van der Waals surface area contributed by atoms with Crippen molar-refractivity contribution in [1.29, 1.82) is 0 Å². The zero-order chi connectivity index (χ0) is 15.8. The Morgan fingerprint density at radius 3 is 2.86 bits per heavy atom. The summed E-state index contributed by atoms with van der Waals surface area (Å²) in [6.45, 7) is 1.24. The number of hydrogen-bond donors (Lipinski definition) is 2. The molecule has 0 bridgehead atoms. The fraction of sp³-hybridized carbons (Fsp3) is 0.500. The molecule has 1 heterocycles. The van der Waals surface area contributed by atoms with E-state index in [4.69, 9.17) is 14.6 Å². The molecule has 0 spiro atoms. The summed E-state index contributed by atoms with van der Waals surface area (Å²) >= 11 is 0. The second-order valence-electron chi connectivity index (χ2n) is 5.24. The minimum Gasteiger partial charge on any atom is -0.489 e. The van der Waals surface area contributed by atoms with Crippen LogP contribution in [0.15, 0.2) is 24.3 Å². The summed E-state index contributed by atoms with van der Waals surface area (Å²) in [5.41, 5.74) is 0.598. The summed E-state index contributed by atoms with van der Waals surface area (Å²) in [6.07, 6.45) is 2.64. The van der Waals surface area contributed by atoms with Crippen molar-refractivity contribution in [2.24, 2.45) is 0 Å². The number of rotatable bonds is 8. The Morgan fingerprint density at radius 2 is 2.14 bits per heavy atom. The standard InChI is InChI=1S/C16H21NO5/c18-15(8-3-9-16(19)20)17-13-6-1-2-7-14(13)22-11-12-5-4-10-21-12/h1-2,6-7,12H,3-5,8-11H2,(H,17,18)(H,19,20). The van der Waals surface area contributed by atoms with Gasteiger partial charge in [-0.25, -0.2) is 0 Å². The third-order valence-electron chi connectivity index (χ3n) is 3.40. The van der Waals surface area contributed by atoms with Gasteiger partial charge in [-0.15, -0.1) is 0 Å². The van der Waals surface area contributed by atoms with E-state index < -0.39 is 5.97 Å². The number of carboxylic acid groups (broad SMARTS) is 1. The van der Waals surface area contributed by atoms with Gasteiger partial charge in [-0.05, 0) is 31.4 Å². The van der Waals surface area contributed by atoms with Gasteiger partial charge in [0.2, 0.25) is 5.91 Å². The van der Waals surface area contributed by atoms with Gasteiger partial charge in [0.15, 0.2) is 0 Å². The highest BCUT2D eigenvalue weighted by Crippen LogP contribution is 2.25. The average molecular weight is 307 g/mol. The fourth-order valence-electron chi connectivity index (χ4n) is 2.27. The number of ether oxygens (including phenoxy) is 2. The maximum absolute atomic E-state index is 11.8. The smallest absolute Gasteiger partial charge is 0.303 e.